The maximum Gasteiger partial charge on any atom is 0.215 e. The molecule has 0 aromatic heterocycles. The zero-order valence-corrected chi connectivity index (χ0v) is 11.2. The van der Waals surface area contributed by atoms with Gasteiger partial charge in [-0.2, -0.15) is 5.06 Å². The highest BCUT2D eigenvalue weighted by Crippen LogP contribution is 2.18. The van der Waals surface area contributed by atoms with Crippen LogP contribution in [0.5, 0.6) is 0 Å². The Labute approximate surface area is 98.4 Å². The molecule has 1 fully saturated rings. The summed E-state index contributed by atoms with van der Waals surface area (Å²) >= 11 is 0. The Kier molecular flexibility index (Phi) is 5.17. The number of hydrogen-bond donors (Lipinski definition) is 0. The summed E-state index contributed by atoms with van der Waals surface area (Å²) in [5, 5.41) is 1.53. The number of piperidine rings is 1. The Morgan fingerprint density at radius 1 is 1.38 bits per heavy atom. The molecular formula is C10H22N2O3S. The molecule has 1 aliphatic heterocycles. The predicted octanol–water partition coefficient (Wildman–Crippen LogP) is 0.541. The van der Waals surface area contributed by atoms with Gasteiger partial charge in [-0.15, -0.1) is 0 Å². The molecule has 0 amide bonds. The first-order valence-corrected chi connectivity index (χ1v) is 7.29. The first-order valence-electron chi connectivity index (χ1n) is 5.69. The molecule has 5 nitrogen and oxygen atoms in total. The minimum atomic E-state index is -3.10. The average Bonchev–Trinajstić information content (AvgIpc) is 2.26. The van der Waals surface area contributed by atoms with Gasteiger partial charge in [0.25, 0.3) is 0 Å². The van der Waals surface area contributed by atoms with E-state index < -0.39 is 10.0 Å². The van der Waals surface area contributed by atoms with Crippen LogP contribution in [-0.2, 0) is 14.9 Å². The van der Waals surface area contributed by atoms with Crippen molar-refractivity contribution in [3.8, 4) is 0 Å². The van der Waals surface area contributed by atoms with Crippen LogP contribution in [0.25, 0.3) is 0 Å². The van der Waals surface area contributed by atoms with E-state index in [4.69, 9.17) is 4.84 Å². The van der Waals surface area contributed by atoms with E-state index >= 15 is 0 Å². The molecule has 0 aliphatic carbocycles. The SMILES string of the molecule is CON(C)CCS(=O)(=O)N1CCC(C)CC1. The third-order valence-electron chi connectivity index (χ3n) is 3.11. The van der Waals surface area contributed by atoms with Gasteiger partial charge in [0.2, 0.25) is 10.0 Å². The highest BCUT2D eigenvalue weighted by Gasteiger charge is 2.26. The van der Waals surface area contributed by atoms with Crippen LogP contribution in [0.2, 0.25) is 0 Å². The third-order valence-corrected chi connectivity index (χ3v) is 4.96. The third kappa shape index (κ3) is 4.01. The Morgan fingerprint density at radius 2 is 1.94 bits per heavy atom. The normalized spacial score (nSPS) is 20.5. The molecule has 0 spiro atoms. The fourth-order valence-electron chi connectivity index (χ4n) is 1.73. The van der Waals surface area contributed by atoms with Crippen LogP contribution >= 0.6 is 0 Å². The predicted molar refractivity (Wildman–Crippen MR) is 63.4 cm³/mol. The Balaban J connectivity index is 2.44. The molecule has 6 heteroatoms. The number of hydroxylamine groups is 2. The second kappa shape index (κ2) is 5.95. The molecule has 0 aromatic rings. The first-order chi connectivity index (χ1) is 7.45. The van der Waals surface area contributed by atoms with E-state index in [1.54, 1.807) is 11.4 Å². The zero-order chi connectivity index (χ0) is 12.2. The van der Waals surface area contributed by atoms with Gasteiger partial charge in [0.05, 0.1) is 12.9 Å². The molecule has 1 aliphatic rings. The van der Waals surface area contributed by atoms with E-state index in [1.165, 1.54) is 12.2 Å². The molecule has 0 atom stereocenters. The van der Waals surface area contributed by atoms with Gasteiger partial charge in [0.15, 0.2) is 0 Å². The smallest absolute Gasteiger partial charge is 0.215 e. The van der Waals surface area contributed by atoms with Crippen molar-refractivity contribution in [2.24, 2.45) is 5.92 Å². The summed E-state index contributed by atoms with van der Waals surface area (Å²) in [5.41, 5.74) is 0. The number of sulfonamides is 1. The first kappa shape index (κ1) is 13.9. The molecule has 16 heavy (non-hydrogen) atoms. The highest BCUT2D eigenvalue weighted by atomic mass is 32.2. The summed E-state index contributed by atoms with van der Waals surface area (Å²) < 4.78 is 25.5. The summed E-state index contributed by atoms with van der Waals surface area (Å²) in [6.07, 6.45) is 1.94. The van der Waals surface area contributed by atoms with Crippen LogP contribution in [0.4, 0.5) is 0 Å². The van der Waals surface area contributed by atoms with Gasteiger partial charge in [0.1, 0.15) is 0 Å². The quantitative estimate of drug-likeness (QED) is 0.668. The van der Waals surface area contributed by atoms with Crippen LogP contribution in [0.15, 0.2) is 0 Å². The summed E-state index contributed by atoms with van der Waals surface area (Å²) in [4.78, 5) is 4.90. The summed E-state index contributed by atoms with van der Waals surface area (Å²) in [5.74, 6) is 0.777. The largest absolute Gasteiger partial charge is 0.303 e. The number of rotatable bonds is 5. The van der Waals surface area contributed by atoms with Crippen LogP contribution in [0.3, 0.4) is 0 Å². The molecule has 96 valence electrons. The maximum absolute atomic E-state index is 12.0. The van der Waals surface area contributed by atoms with Crippen LogP contribution in [0, 0.1) is 5.92 Å². The van der Waals surface area contributed by atoms with Crippen molar-refractivity contribution in [1.29, 1.82) is 0 Å². The van der Waals surface area contributed by atoms with Crippen LogP contribution in [-0.4, -0.2) is 57.3 Å². The van der Waals surface area contributed by atoms with Gasteiger partial charge in [-0.25, -0.2) is 12.7 Å². The lowest BCUT2D eigenvalue weighted by atomic mass is 10.0. The summed E-state index contributed by atoms with van der Waals surface area (Å²) in [6.45, 7) is 3.91. The molecular weight excluding hydrogens is 228 g/mol. The molecule has 0 aromatic carbocycles. The lowest BCUT2D eigenvalue weighted by molar-refractivity contribution is -0.104. The van der Waals surface area contributed by atoms with Crippen molar-refractivity contribution >= 4 is 10.0 Å². The van der Waals surface area contributed by atoms with Gasteiger partial charge in [0, 0.05) is 26.7 Å². The molecule has 0 N–H and O–H groups in total. The van der Waals surface area contributed by atoms with Crippen LogP contribution < -0.4 is 0 Å². The van der Waals surface area contributed by atoms with Gasteiger partial charge in [-0.1, -0.05) is 6.92 Å². The minimum absolute atomic E-state index is 0.131. The second-order valence-corrected chi connectivity index (χ2v) is 6.52. The molecule has 0 unspecified atom stereocenters. The highest BCUT2D eigenvalue weighted by molar-refractivity contribution is 7.89. The van der Waals surface area contributed by atoms with E-state index in [9.17, 15) is 8.42 Å². The Hall–Kier alpha value is -0.170. The van der Waals surface area contributed by atoms with Crippen molar-refractivity contribution < 1.29 is 13.3 Å². The van der Waals surface area contributed by atoms with Crippen LogP contribution in [0.1, 0.15) is 19.8 Å². The topological polar surface area (TPSA) is 49.9 Å². The lowest BCUT2D eigenvalue weighted by Crippen LogP contribution is -2.41. The van der Waals surface area contributed by atoms with E-state index in [0.29, 0.717) is 25.6 Å². The van der Waals surface area contributed by atoms with Crippen molar-refractivity contribution in [1.82, 2.24) is 9.37 Å². The van der Waals surface area contributed by atoms with E-state index in [-0.39, 0.29) is 5.75 Å². The molecule has 0 radical (unpaired) electrons. The number of nitrogens with zero attached hydrogens (tertiary/aromatic N) is 2. The Bertz CT molecular complexity index is 297. The van der Waals surface area contributed by atoms with Crippen molar-refractivity contribution in [2.75, 3.05) is 39.5 Å². The molecule has 1 saturated heterocycles. The molecule has 1 rings (SSSR count). The lowest BCUT2D eigenvalue weighted by Gasteiger charge is -2.29. The van der Waals surface area contributed by atoms with E-state index in [1.807, 2.05) is 0 Å². The fourth-order valence-corrected chi connectivity index (χ4v) is 3.24. The second-order valence-electron chi connectivity index (χ2n) is 4.43. The van der Waals surface area contributed by atoms with Gasteiger partial charge in [-0.05, 0) is 18.8 Å². The van der Waals surface area contributed by atoms with Gasteiger partial charge < -0.3 is 4.84 Å². The zero-order valence-electron chi connectivity index (χ0n) is 10.3. The van der Waals surface area contributed by atoms with Crippen molar-refractivity contribution in [3.05, 3.63) is 0 Å². The van der Waals surface area contributed by atoms with E-state index in [2.05, 4.69) is 6.92 Å². The van der Waals surface area contributed by atoms with Crippen molar-refractivity contribution in [2.45, 2.75) is 19.8 Å². The van der Waals surface area contributed by atoms with Gasteiger partial charge in [-0.3, -0.25) is 0 Å². The van der Waals surface area contributed by atoms with Crippen molar-refractivity contribution in [3.63, 3.8) is 0 Å². The average molecular weight is 250 g/mol. The standard InChI is InChI=1S/C10H22N2O3S/c1-10-4-6-12(7-5-10)16(13,14)9-8-11(2)15-3/h10H,4-9H2,1-3H3. The molecule has 0 bridgehead atoms. The summed E-state index contributed by atoms with van der Waals surface area (Å²) in [7, 11) is 0.167. The number of hydrogen-bond acceptors (Lipinski definition) is 4. The Morgan fingerprint density at radius 3 is 2.44 bits per heavy atom. The minimum Gasteiger partial charge on any atom is -0.303 e. The van der Waals surface area contributed by atoms with E-state index in [0.717, 1.165) is 12.8 Å². The maximum atomic E-state index is 12.0. The van der Waals surface area contributed by atoms with Gasteiger partial charge >= 0.3 is 0 Å². The molecule has 1 heterocycles. The molecule has 0 saturated carbocycles. The fraction of sp³-hybridized carbons (Fsp3) is 1.00. The summed E-state index contributed by atoms with van der Waals surface area (Å²) in [6, 6.07) is 0. The monoisotopic (exact) mass is 250 g/mol.